The van der Waals surface area contributed by atoms with Gasteiger partial charge in [0, 0.05) is 16.8 Å². The Hall–Kier alpha value is -2.24. The SMILES string of the molecule is Cc1cc(C)cc(N2C(=S)NC(c3ccccn3)C2c2cccs2)c1. The molecule has 0 radical (unpaired) electrons. The number of thiocarbonyl (C=S) groups is 1. The van der Waals surface area contributed by atoms with Gasteiger partial charge in [0.1, 0.15) is 0 Å². The minimum atomic E-state index is 0.0353. The zero-order valence-corrected chi connectivity index (χ0v) is 15.8. The van der Waals surface area contributed by atoms with Gasteiger partial charge in [-0.15, -0.1) is 11.3 Å². The third-order valence-electron chi connectivity index (χ3n) is 4.42. The van der Waals surface area contributed by atoms with Gasteiger partial charge >= 0.3 is 0 Å². The smallest absolute Gasteiger partial charge is 0.174 e. The van der Waals surface area contributed by atoms with E-state index in [0.717, 1.165) is 16.5 Å². The van der Waals surface area contributed by atoms with Crippen molar-refractivity contribution in [2.45, 2.75) is 25.9 Å². The summed E-state index contributed by atoms with van der Waals surface area (Å²) in [6, 6.07) is 17.0. The van der Waals surface area contributed by atoms with Crippen LogP contribution in [-0.2, 0) is 0 Å². The summed E-state index contributed by atoms with van der Waals surface area (Å²) in [7, 11) is 0. The first-order valence-electron chi connectivity index (χ1n) is 8.26. The minimum absolute atomic E-state index is 0.0353. The first-order chi connectivity index (χ1) is 12.1. The molecular formula is C20H19N3S2. The van der Waals surface area contributed by atoms with Crippen LogP contribution in [-0.4, -0.2) is 10.1 Å². The number of aryl methyl sites for hydroxylation is 2. The molecule has 3 nitrogen and oxygen atoms in total. The van der Waals surface area contributed by atoms with Crippen LogP contribution in [0.25, 0.3) is 0 Å². The van der Waals surface area contributed by atoms with E-state index in [4.69, 9.17) is 12.2 Å². The predicted molar refractivity (Wildman–Crippen MR) is 108 cm³/mol. The number of anilines is 1. The van der Waals surface area contributed by atoms with Crippen LogP contribution in [0, 0.1) is 13.8 Å². The number of benzene rings is 1. The molecular weight excluding hydrogens is 346 g/mol. The van der Waals surface area contributed by atoms with Gasteiger partial charge < -0.3 is 10.2 Å². The van der Waals surface area contributed by atoms with Crippen LogP contribution in [0.2, 0.25) is 0 Å². The maximum Gasteiger partial charge on any atom is 0.174 e. The lowest BCUT2D eigenvalue weighted by atomic mass is 10.0. The maximum atomic E-state index is 5.73. The zero-order valence-electron chi connectivity index (χ0n) is 14.1. The highest BCUT2D eigenvalue weighted by molar-refractivity contribution is 7.80. The van der Waals surface area contributed by atoms with Crippen LogP contribution in [0.3, 0.4) is 0 Å². The van der Waals surface area contributed by atoms with Gasteiger partial charge in [-0.3, -0.25) is 4.98 Å². The molecule has 4 rings (SSSR count). The van der Waals surface area contributed by atoms with E-state index in [0.29, 0.717) is 0 Å². The number of rotatable bonds is 3. The molecule has 0 spiro atoms. The number of thiophene rings is 1. The molecule has 0 aliphatic carbocycles. The van der Waals surface area contributed by atoms with Crippen molar-refractivity contribution in [3.63, 3.8) is 0 Å². The van der Waals surface area contributed by atoms with E-state index in [1.165, 1.54) is 16.0 Å². The molecule has 1 fully saturated rings. The van der Waals surface area contributed by atoms with E-state index in [2.05, 4.69) is 70.8 Å². The molecule has 2 unspecified atom stereocenters. The Labute approximate surface area is 157 Å². The van der Waals surface area contributed by atoms with Crippen LogP contribution in [0.5, 0.6) is 0 Å². The highest BCUT2D eigenvalue weighted by Gasteiger charge is 2.41. The van der Waals surface area contributed by atoms with Crippen molar-refractivity contribution in [1.82, 2.24) is 10.3 Å². The molecule has 2 atom stereocenters. The lowest BCUT2D eigenvalue weighted by molar-refractivity contribution is 0.575. The van der Waals surface area contributed by atoms with Crippen molar-refractivity contribution in [1.29, 1.82) is 0 Å². The lowest BCUT2D eigenvalue weighted by Gasteiger charge is -2.27. The number of pyridine rings is 1. The molecule has 2 aromatic heterocycles. The quantitative estimate of drug-likeness (QED) is 0.666. The van der Waals surface area contributed by atoms with E-state index in [-0.39, 0.29) is 12.1 Å². The van der Waals surface area contributed by atoms with E-state index < -0.39 is 0 Å². The molecule has 126 valence electrons. The van der Waals surface area contributed by atoms with Crippen LogP contribution in [0.1, 0.15) is 33.8 Å². The Morgan fingerprint density at radius 2 is 1.88 bits per heavy atom. The molecule has 3 heterocycles. The van der Waals surface area contributed by atoms with Crippen molar-refractivity contribution < 1.29 is 0 Å². The highest BCUT2D eigenvalue weighted by atomic mass is 32.1. The number of hydrogen-bond donors (Lipinski definition) is 1. The average Bonchev–Trinajstić information content (AvgIpc) is 3.22. The first-order valence-corrected chi connectivity index (χ1v) is 9.54. The summed E-state index contributed by atoms with van der Waals surface area (Å²) in [5.41, 5.74) is 4.62. The number of hydrogen-bond acceptors (Lipinski definition) is 3. The fraction of sp³-hybridized carbons (Fsp3) is 0.200. The fourth-order valence-corrected chi connectivity index (χ4v) is 4.67. The van der Waals surface area contributed by atoms with Crippen LogP contribution in [0.15, 0.2) is 60.1 Å². The summed E-state index contributed by atoms with van der Waals surface area (Å²) in [4.78, 5) is 8.09. The Kier molecular flexibility index (Phi) is 4.27. The summed E-state index contributed by atoms with van der Waals surface area (Å²) in [5.74, 6) is 0. The third kappa shape index (κ3) is 3.05. The lowest BCUT2D eigenvalue weighted by Crippen LogP contribution is -2.29. The zero-order chi connectivity index (χ0) is 17.4. The van der Waals surface area contributed by atoms with Gasteiger partial charge in [-0.05, 0) is 72.9 Å². The Morgan fingerprint density at radius 3 is 2.52 bits per heavy atom. The second kappa shape index (κ2) is 6.58. The largest absolute Gasteiger partial charge is 0.351 e. The third-order valence-corrected chi connectivity index (χ3v) is 5.67. The summed E-state index contributed by atoms with van der Waals surface area (Å²) in [6.07, 6.45) is 1.84. The van der Waals surface area contributed by atoms with Gasteiger partial charge in [-0.25, -0.2) is 0 Å². The van der Waals surface area contributed by atoms with E-state index in [1.807, 2.05) is 18.3 Å². The normalized spacial score (nSPS) is 19.9. The van der Waals surface area contributed by atoms with E-state index in [1.54, 1.807) is 11.3 Å². The van der Waals surface area contributed by atoms with Crippen LogP contribution >= 0.6 is 23.6 Å². The van der Waals surface area contributed by atoms with Crippen molar-refractivity contribution in [2.24, 2.45) is 0 Å². The van der Waals surface area contributed by atoms with Crippen molar-refractivity contribution >= 4 is 34.4 Å². The topological polar surface area (TPSA) is 28.2 Å². The van der Waals surface area contributed by atoms with Crippen LogP contribution < -0.4 is 10.2 Å². The molecule has 3 aromatic rings. The molecule has 5 heteroatoms. The van der Waals surface area contributed by atoms with Gasteiger partial charge in [-0.1, -0.05) is 18.2 Å². The Bertz CT molecular complexity index is 870. The molecule has 1 aliphatic rings. The summed E-state index contributed by atoms with van der Waals surface area (Å²) < 4.78 is 0. The first kappa shape index (κ1) is 16.2. The second-order valence-electron chi connectivity index (χ2n) is 6.36. The Balaban J connectivity index is 1.83. The monoisotopic (exact) mass is 365 g/mol. The number of nitrogens with zero attached hydrogens (tertiary/aromatic N) is 2. The van der Waals surface area contributed by atoms with Gasteiger partial charge in [0.05, 0.1) is 17.8 Å². The van der Waals surface area contributed by atoms with Gasteiger partial charge in [0.2, 0.25) is 0 Å². The maximum absolute atomic E-state index is 5.73. The molecule has 1 aromatic carbocycles. The molecule has 1 N–H and O–H groups in total. The number of nitrogens with one attached hydrogen (secondary N) is 1. The molecule has 1 aliphatic heterocycles. The van der Waals surface area contributed by atoms with Crippen molar-refractivity contribution in [2.75, 3.05) is 4.90 Å². The molecule has 0 amide bonds. The van der Waals surface area contributed by atoms with E-state index >= 15 is 0 Å². The second-order valence-corrected chi connectivity index (χ2v) is 7.72. The predicted octanol–water partition coefficient (Wildman–Crippen LogP) is 4.94. The van der Waals surface area contributed by atoms with Crippen LogP contribution in [0.4, 0.5) is 5.69 Å². The van der Waals surface area contributed by atoms with Gasteiger partial charge in [0.15, 0.2) is 5.11 Å². The standard InChI is InChI=1S/C20H19N3S2/c1-13-10-14(2)12-15(11-13)23-19(17-7-5-9-25-17)18(22-20(23)24)16-6-3-4-8-21-16/h3-12,18-19H,1-2H3,(H,22,24). The fourth-order valence-electron chi connectivity index (χ4n) is 3.47. The van der Waals surface area contributed by atoms with Crippen molar-refractivity contribution in [3.8, 4) is 0 Å². The Morgan fingerprint density at radius 1 is 1.08 bits per heavy atom. The minimum Gasteiger partial charge on any atom is -0.351 e. The summed E-state index contributed by atoms with van der Waals surface area (Å²) in [5, 5.41) is 6.36. The highest BCUT2D eigenvalue weighted by Crippen LogP contribution is 2.43. The van der Waals surface area contributed by atoms with Gasteiger partial charge in [0.25, 0.3) is 0 Å². The summed E-state index contributed by atoms with van der Waals surface area (Å²) >= 11 is 7.49. The molecule has 25 heavy (non-hydrogen) atoms. The summed E-state index contributed by atoms with van der Waals surface area (Å²) in [6.45, 7) is 4.25. The molecule has 1 saturated heterocycles. The molecule has 0 bridgehead atoms. The molecule has 0 saturated carbocycles. The van der Waals surface area contributed by atoms with Gasteiger partial charge in [-0.2, -0.15) is 0 Å². The number of aromatic nitrogens is 1. The van der Waals surface area contributed by atoms with E-state index in [9.17, 15) is 0 Å². The average molecular weight is 366 g/mol. The van der Waals surface area contributed by atoms with Crippen molar-refractivity contribution in [3.05, 3.63) is 81.8 Å².